The van der Waals surface area contributed by atoms with Crippen molar-refractivity contribution < 1.29 is 27.5 Å². The molecule has 0 fully saturated rings. The summed E-state index contributed by atoms with van der Waals surface area (Å²) in [6.45, 7) is 2.14. The molecule has 0 saturated carbocycles. The zero-order valence-electron chi connectivity index (χ0n) is 12.9. The van der Waals surface area contributed by atoms with Gasteiger partial charge in [-0.15, -0.1) is 0 Å². The summed E-state index contributed by atoms with van der Waals surface area (Å²) >= 11 is 0. The number of hydrogen-bond donors (Lipinski definition) is 1. The molecule has 1 aromatic heterocycles. The molecule has 1 N–H and O–H groups in total. The number of carbonyl (C=O) groups excluding carboxylic acids is 2. The number of aromatic nitrogens is 1. The summed E-state index contributed by atoms with van der Waals surface area (Å²) < 4.78 is 40.0. The van der Waals surface area contributed by atoms with Crippen molar-refractivity contribution in [3.05, 3.63) is 30.1 Å². The van der Waals surface area contributed by atoms with Crippen LogP contribution in [0.4, 0.5) is 13.2 Å². The van der Waals surface area contributed by atoms with Crippen molar-refractivity contribution in [2.24, 2.45) is 5.92 Å². The Kier molecular flexibility index (Phi) is 6.99. The highest BCUT2D eigenvalue weighted by molar-refractivity contribution is 6.32. The number of carbonyl (C=O) groups is 2. The number of pyridine rings is 1. The van der Waals surface area contributed by atoms with Crippen molar-refractivity contribution in [3.63, 3.8) is 0 Å². The molecule has 0 aliphatic rings. The summed E-state index contributed by atoms with van der Waals surface area (Å²) in [7, 11) is 0. The molecule has 0 spiro atoms. The van der Waals surface area contributed by atoms with E-state index in [1.165, 1.54) is 6.20 Å². The molecule has 0 aromatic carbocycles. The lowest BCUT2D eigenvalue weighted by Crippen LogP contribution is -2.37. The Morgan fingerprint density at radius 1 is 1.35 bits per heavy atom. The second-order valence-corrected chi connectivity index (χ2v) is 5.22. The predicted octanol–water partition coefficient (Wildman–Crippen LogP) is 2.78. The normalized spacial score (nSPS) is 14.0. The van der Waals surface area contributed by atoms with Gasteiger partial charge in [0, 0.05) is 6.20 Å². The van der Waals surface area contributed by atoms with Crippen LogP contribution in [0.25, 0.3) is 0 Å². The summed E-state index contributed by atoms with van der Waals surface area (Å²) in [5.41, 5.74) is 0.532. The Labute approximate surface area is 132 Å². The van der Waals surface area contributed by atoms with E-state index in [-0.39, 0.29) is 5.92 Å². The van der Waals surface area contributed by atoms with Crippen molar-refractivity contribution in [1.82, 2.24) is 10.3 Å². The number of ether oxygens (including phenoxy) is 1. The maximum Gasteiger partial charge on any atom is 0.422 e. The monoisotopic (exact) mass is 332 g/mol. The standard InChI is InChI=1S/C15H19F3N2O3/c1-3-10(2)8-12(11-6-4-5-7-19-11)20-13(21)14(22)23-9-15(16,17)18/h4-7,10,12H,3,8-9H2,1-2H3,(H,20,21)/t10-,12-/m0/s1. The van der Waals surface area contributed by atoms with Gasteiger partial charge in [-0.05, 0) is 24.5 Å². The van der Waals surface area contributed by atoms with E-state index < -0.39 is 30.7 Å². The van der Waals surface area contributed by atoms with Gasteiger partial charge in [0.05, 0.1) is 11.7 Å². The average Bonchev–Trinajstić information content (AvgIpc) is 2.51. The van der Waals surface area contributed by atoms with Gasteiger partial charge >= 0.3 is 18.1 Å². The molecule has 0 bridgehead atoms. The van der Waals surface area contributed by atoms with E-state index in [0.717, 1.165) is 6.42 Å². The molecule has 1 aromatic rings. The Bertz CT molecular complexity index is 520. The van der Waals surface area contributed by atoms with Gasteiger partial charge in [0.25, 0.3) is 0 Å². The summed E-state index contributed by atoms with van der Waals surface area (Å²) in [4.78, 5) is 27.2. The lowest BCUT2D eigenvalue weighted by atomic mass is 9.97. The topological polar surface area (TPSA) is 68.3 Å². The van der Waals surface area contributed by atoms with Crippen LogP contribution < -0.4 is 5.32 Å². The van der Waals surface area contributed by atoms with Crippen LogP contribution in [-0.4, -0.2) is 29.6 Å². The van der Waals surface area contributed by atoms with Crippen LogP contribution in [0.1, 0.15) is 38.4 Å². The van der Waals surface area contributed by atoms with Crippen LogP contribution in [0.5, 0.6) is 0 Å². The van der Waals surface area contributed by atoms with Crippen LogP contribution in [0.3, 0.4) is 0 Å². The van der Waals surface area contributed by atoms with Crippen LogP contribution >= 0.6 is 0 Å². The minimum atomic E-state index is -4.67. The number of alkyl halides is 3. The molecule has 1 amide bonds. The molecular formula is C15H19F3N2O3. The van der Waals surface area contributed by atoms with Crippen LogP contribution in [0.15, 0.2) is 24.4 Å². The van der Waals surface area contributed by atoms with Crippen molar-refractivity contribution in [3.8, 4) is 0 Å². The number of nitrogens with one attached hydrogen (secondary N) is 1. The van der Waals surface area contributed by atoms with Gasteiger partial charge in [0.2, 0.25) is 0 Å². The minimum absolute atomic E-state index is 0.230. The first kappa shape index (κ1) is 18.9. The van der Waals surface area contributed by atoms with Gasteiger partial charge in [-0.1, -0.05) is 26.3 Å². The van der Waals surface area contributed by atoms with Gasteiger partial charge in [0.1, 0.15) is 0 Å². The molecule has 8 heteroatoms. The van der Waals surface area contributed by atoms with Crippen molar-refractivity contribution in [1.29, 1.82) is 0 Å². The number of rotatable bonds is 6. The fourth-order valence-electron chi connectivity index (χ4n) is 1.83. The highest BCUT2D eigenvalue weighted by Gasteiger charge is 2.32. The zero-order valence-corrected chi connectivity index (χ0v) is 12.9. The molecule has 0 aliphatic carbocycles. The lowest BCUT2D eigenvalue weighted by Gasteiger charge is -2.21. The molecule has 0 aliphatic heterocycles. The first-order valence-electron chi connectivity index (χ1n) is 7.18. The van der Waals surface area contributed by atoms with Crippen LogP contribution in [-0.2, 0) is 14.3 Å². The summed E-state index contributed by atoms with van der Waals surface area (Å²) in [6, 6.07) is 4.52. The van der Waals surface area contributed by atoms with Crippen molar-refractivity contribution in [2.45, 2.75) is 38.9 Å². The number of esters is 1. The third-order valence-corrected chi connectivity index (χ3v) is 3.24. The van der Waals surface area contributed by atoms with Crippen LogP contribution in [0.2, 0.25) is 0 Å². The third-order valence-electron chi connectivity index (χ3n) is 3.24. The van der Waals surface area contributed by atoms with E-state index in [1.807, 2.05) is 13.8 Å². The first-order valence-corrected chi connectivity index (χ1v) is 7.18. The maximum atomic E-state index is 12.0. The van der Waals surface area contributed by atoms with Crippen molar-refractivity contribution in [2.75, 3.05) is 6.61 Å². The Hall–Kier alpha value is -2.12. The van der Waals surface area contributed by atoms with Gasteiger partial charge < -0.3 is 10.1 Å². The largest absolute Gasteiger partial charge is 0.449 e. The van der Waals surface area contributed by atoms with E-state index in [1.54, 1.807) is 18.2 Å². The summed E-state index contributed by atoms with van der Waals surface area (Å²) in [5.74, 6) is -2.55. The minimum Gasteiger partial charge on any atom is -0.449 e. The highest BCUT2D eigenvalue weighted by Crippen LogP contribution is 2.21. The molecule has 128 valence electrons. The third kappa shape index (κ3) is 7.12. The van der Waals surface area contributed by atoms with E-state index in [0.29, 0.717) is 12.1 Å². The molecule has 0 radical (unpaired) electrons. The quantitative estimate of drug-likeness (QED) is 0.642. The second kappa shape index (κ2) is 8.50. The zero-order chi connectivity index (χ0) is 17.5. The molecule has 2 atom stereocenters. The van der Waals surface area contributed by atoms with Gasteiger partial charge in [-0.3, -0.25) is 9.78 Å². The van der Waals surface area contributed by atoms with Crippen LogP contribution in [0, 0.1) is 5.92 Å². The molecule has 0 saturated heterocycles. The van der Waals surface area contributed by atoms with E-state index in [4.69, 9.17) is 0 Å². The first-order chi connectivity index (χ1) is 10.7. The van der Waals surface area contributed by atoms with E-state index >= 15 is 0 Å². The van der Waals surface area contributed by atoms with Gasteiger partial charge in [0.15, 0.2) is 6.61 Å². The molecule has 1 rings (SSSR count). The Balaban J connectivity index is 2.72. The molecular weight excluding hydrogens is 313 g/mol. The van der Waals surface area contributed by atoms with E-state index in [9.17, 15) is 22.8 Å². The number of halogens is 3. The average molecular weight is 332 g/mol. The fourth-order valence-corrected chi connectivity index (χ4v) is 1.83. The van der Waals surface area contributed by atoms with Gasteiger partial charge in [-0.2, -0.15) is 13.2 Å². The van der Waals surface area contributed by atoms with Gasteiger partial charge in [-0.25, -0.2) is 4.79 Å². The Morgan fingerprint density at radius 2 is 2.04 bits per heavy atom. The smallest absolute Gasteiger partial charge is 0.422 e. The summed E-state index contributed by atoms with van der Waals surface area (Å²) in [6.07, 6.45) is -1.79. The molecule has 23 heavy (non-hydrogen) atoms. The molecule has 0 unspecified atom stereocenters. The number of nitrogens with zero attached hydrogens (tertiary/aromatic N) is 1. The number of amides is 1. The lowest BCUT2D eigenvalue weighted by molar-refractivity contribution is -0.187. The van der Waals surface area contributed by atoms with Crippen molar-refractivity contribution >= 4 is 11.9 Å². The molecule has 5 nitrogen and oxygen atoms in total. The predicted molar refractivity (Wildman–Crippen MR) is 76.2 cm³/mol. The van der Waals surface area contributed by atoms with E-state index in [2.05, 4.69) is 15.0 Å². The fraction of sp³-hybridized carbons (Fsp3) is 0.533. The Morgan fingerprint density at radius 3 is 2.57 bits per heavy atom. The summed E-state index contributed by atoms with van der Waals surface area (Å²) in [5, 5.41) is 2.39. The number of hydrogen-bond acceptors (Lipinski definition) is 4. The highest BCUT2D eigenvalue weighted by atomic mass is 19.4. The molecule has 1 heterocycles. The SMILES string of the molecule is CC[C@H](C)C[C@H](NC(=O)C(=O)OCC(F)(F)F)c1ccccn1. The maximum absolute atomic E-state index is 12.0. The second-order valence-electron chi connectivity index (χ2n) is 5.22.